The van der Waals surface area contributed by atoms with E-state index in [1.54, 1.807) is 0 Å². The van der Waals surface area contributed by atoms with Crippen LogP contribution in [0.1, 0.15) is 18.0 Å². The zero-order valence-corrected chi connectivity index (χ0v) is 12.7. The van der Waals surface area contributed by atoms with Gasteiger partial charge in [-0.05, 0) is 38.2 Å². The first-order chi connectivity index (χ1) is 8.70. The van der Waals surface area contributed by atoms with Gasteiger partial charge in [-0.25, -0.2) is 0 Å². The van der Waals surface area contributed by atoms with Crippen LogP contribution in [0.4, 0.5) is 0 Å². The van der Waals surface area contributed by atoms with E-state index in [1.165, 1.54) is 5.56 Å². The third-order valence-corrected chi connectivity index (χ3v) is 4.30. The molecule has 1 saturated heterocycles. The van der Waals surface area contributed by atoms with Gasteiger partial charge in [0.05, 0.1) is 0 Å². The Morgan fingerprint density at radius 2 is 2.17 bits per heavy atom. The molecule has 0 bridgehead atoms. The summed E-state index contributed by atoms with van der Waals surface area (Å²) < 4.78 is 1.14. The van der Waals surface area contributed by atoms with Crippen LogP contribution in [0.5, 0.6) is 0 Å². The zero-order chi connectivity index (χ0) is 13.0. The first-order valence-corrected chi connectivity index (χ1v) is 7.33. The van der Waals surface area contributed by atoms with Crippen molar-refractivity contribution in [2.45, 2.75) is 18.5 Å². The van der Waals surface area contributed by atoms with E-state index < -0.39 is 0 Å². The van der Waals surface area contributed by atoms with Crippen LogP contribution in [0.15, 0.2) is 28.7 Å². The number of likely N-dealkylation sites (N-methyl/N-ethyl adjacent to an activating group) is 1. The fraction of sp³-hybridized carbons (Fsp3) is 0.571. The Bertz CT molecular complexity index is 366. The maximum atomic E-state index is 3.49. The van der Waals surface area contributed by atoms with Crippen LogP contribution in [0, 0.1) is 0 Å². The van der Waals surface area contributed by atoms with Gasteiger partial charge in [0.25, 0.3) is 0 Å². The van der Waals surface area contributed by atoms with Crippen molar-refractivity contribution in [3.63, 3.8) is 0 Å². The van der Waals surface area contributed by atoms with Crippen molar-refractivity contribution < 1.29 is 0 Å². The highest BCUT2D eigenvalue weighted by molar-refractivity contribution is 9.10. The van der Waals surface area contributed by atoms with Crippen molar-refractivity contribution in [1.29, 1.82) is 0 Å². The van der Waals surface area contributed by atoms with Gasteiger partial charge < -0.3 is 15.5 Å². The molecule has 18 heavy (non-hydrogen) atoms. The van der Waals surface area contributed by atoms with Crippen LogP contribution in [0.25, 0.3) is 0 Å². The van der Waals surface area contributed by atoms with E-state index in [0.717, 1.165) is 30.5 Å². The molecule has 0 radical (unpaired) electrons. The molecule has 2 N–H and O–H groups in total. The highest BCUT2D eigenvalue weighted by Crippen LogP contribution is 2.22. The zero-order valence-electron chi connectivity index (χ0n) is 11.1. The molecule has 3 nitrogen and oxygen atoms in total. The quantitative estimate of drug-likeness (QED) is 0.890. The molecular weight excluding hydrogens is 290 g/mol. The molecule has 1 aromatic carbocycles. The van der Waals surface area contributed by atoms with Crippen molar-refractivity contribution in [2.24, 2.45) is 0 Å². The number of hydrogen-bond acceptors (Lipinski definition) is 3. The fourth-order valence-electron chi connectivity index (χ4n) is 2.51. The van der Waals surface area contributed by atoms with Crippen LogP contribution in [0.3, 0.4) is 0 Å². The molecule has 0 spiro atoms. The standard InChI is InChI=1S/C14H22BrN3/c1-16-14(11-3-5-12(15)6-4-11)9-13-10-17-7-8-18(13)2/h3-6,13-14,16-17H,7-10H2,1-2H3. The highest BCUT2D eigenvalue weighted by Gasteiger charge is 2.22. The van der Waals surface area contributed by atoms with Crippen LogP contribution in [-0.2, 0) is 0 Å². The summed E-state index contributed by atoms with van der Waals surface area (Å²) in [4.78, 5) is 2.46. The van der Waals surface area contributed by atoms with Gasteiger partial charge in [-0.1, -0.05) is 28.1 Å². The van der Waals surface area contributed by atoms with Crippen LogP contribution in [-0.4, -0.2) is 44.7 Å². The minimum atomic E-state index is 0.422. The van der Waals surface area contributed by atoms with E-state index in [2.05, 4.69) is 62.8 Å². The average molecular weight is 312 g/mol. The molecule has 0 saturated carbocycles. The normalized spacial score (nSPS) is 22.9. The van der Waals surface area contributed by atoms with Crippen molar-refractivity contribution in [3.8, 4) is 0 Å². The molecule has 1 aliphatic rings. The number of halogens is 1. The number of nitrogens with zero attached hydrogens (tertiary/aromatic N) is 1. The molecule has 1 heterocycles. The SMILES string of the molecule is CNC(CC1CNCCN1C)c1ccc(Br)cc1. The van der Waals surface area contributed by atoms with E-state index in [0.29, 0.717) is 12.1 Å². The molecule has 0 aliphatic carbocycles. The Hall–Kier alpha value is -0.420. The monoisotopic (exact) mass is 311 g/mol. The van der Waals surface area contributed by atoms with Crippen LogP contribution in [0.2, 0.25) is 0 Å². The first kappa shape index (κ1) is 14.0. The van der Waals surface area contributed by atoms with E-state index in [-0.39, 0.29) is 0 Å². The summed E-state index contributed by atoms with van der Waals surface area (Å²) in [5.41, 5.74) is 1.36. The molecule has 0 amide bonds. The number of nitrogens with one attached hydrogen (secondary N) is 2. The van der Waals surface area contributed by atoms with Crippen molar-refractivity contribution in [1.82, 2.24) is 15.5 Å². The summed E-state index contributed by atoms with van der Waals surface area (Å²) in [6.45, 7) is 3.34. The Balaban J connectivity index is 2.02. The summed E-state index contributed by atoms with van der Waals surface area (Å²) in [5.74, 6) is 0. The van der Waals surface area contributed by atoms with Crippen LogP contribution >= 0.6 is 15.9 Å². The average Bonchev–Trinajstić information content (AvgIpc) is 2.39. The van der Waals surface area contributed by atoms with Crippen molar-refractivity contribution in [2.75, 3.05) is 33.7 Å². The molecule has 2 atom stereocenters. The fourth-order valence-corrected chi connectivity index (χ4v) is 2.78. The van der Waals surface area contributed by atoms with Crippen LogP contribution < -0.4 is 10.6 Å². The lowest BCUT2D eigenvalue weighted by Gasteiger charge is -2.35. The molecule has 4 heteroatoms. The third kappa shape index (κ3) is 3.54. The Labute approximate surface area is 118 Å². The summed E-state index contributed by atoms with van der Waals surface area (Å²) in [6.07, 6.45) is 1.14. The van der Waals surface area contributed by atoms with Gasteiger partial charge in [-0.3, -0.25) is 0 Å². The minimum Gasteiger partial charge on any atom is -0.314 e. The molecule has 0 aromatic heterocycles. The first-order valence-electron chi connectivity index (χ1n) is 6.54. The predicted octanol–water partition coefficient (Wildman–Crippen LogP) is 2.00. The van der Waals surface area contributed by atoms with Gasteiger partial charge in [0.1, 0.15) is 0 Å². The number of hydrogen-bond donors (Lipinski definition) is 2. The number of benzene rings is 1. The second kappa shape index (κ2) is 6.66. The molecule has 1 fully saturated rings. The van der Waals surface area contributed by atoms with Gasteiger partial charge in [0, 0.05) is 36.2 Å². The predicted molar refractivity (Wildman–Crippen MR) is 79.8 cm³/mol. The Kier molecular flexibility index (Phi) is 5.18. The summed E-state index contributed by atoms with van der Waals surface area (Å²) in [6, 6.07) is 9.65. The second-order valence-electron chi connectivity index (χ2n) is 4.97. The van der Waals surface area contributed by atoms with E-state index in [4.69, 9.17) is 0 Å². The second-order valence-corrected chi connectivity index (χ2v) is 5.88. The van der Waals surface area contributed by atoms with E-state index >= 15 is 0 Å². The molecule has 2 rings (SSSR count). The lowest BCUT2D eigenvalue weighted by molar-refractivity contribution is 0.178. The Morgan fingerprint density at radius 3 is 2.78 bits per heavy atom. The summed E-state index contributed by atoms with van der Waals surface area (Å²) in [5, 5.41) is 6.91. The van der Waals surface area contributed by atoms with Gasteiger partial charge in [-0.15, -0.1) is 0 Å². The number of rotatable bonds is 4. The molecule has 2 unspecified atom stereocenters. The highest BCUT2D eigenvalue weighted by atomic mass is 79.9. The maximum absolute atomic E-state index is 3.49. The van der Waals surface area contributed by atoms with Crippen molar-refractivity contribution >= 4 is 15.9 Å². The summed E-state index contributed by atoms with van der Waals surface area (Å²) in [7, 11) is 4.27. The third-order valence-electron chi connectivity index (χ3n) is 3.77. The molecule has 1 aliphatic heterocycles. The maximum Gasteiger partial charge on any atom is 0.0332 e. The minimum absolute atomic E-state index is 0.422. The largest absolute Gasteiger partial charge is 0.314 e. The molecule has 1 aromatic rings. The van der Waals surface area contributed by atoms with Crippen molar-refractivity contribution in [3.05, 3.63) is 34.3 Å². The lowest BCUT2D eigenvalue weighted by Crippen LogP contribution is -2.50. The van der Waals surface area contributed by atoms with Gasteiger partial charge in [0.15, 0.2) is 0 Å². The molecular formula is C14H22BrN3. The van der Waals surface area contributed by atoms with Gasteiger partial charge in [0.2, 0.25) is 0 Å². The van der Waals surface area contributed by atoms with Gasteiger partial charge >= 0.3 is 0 Å². The van der Waals surface area contributed by atoms with E-state index in [1.807, 2.05) is 7.05 Å². The molecule has 100 valence electrons. The summed E-state index contributed by atoms with van der Waals surface area (Å²) >= 11 is 3.49. The lowest BCUT2D eigenvalue weighted by atomic mass is 9.98. The van der Waals surface area contributed by atoms with Gasteiger partial charge in [-0.2, -0.15) is 0 Å². The van der Waals surface area contributed by atoms with E-state index in [9.17, 15) is 0 Å². The smallest absolute Gasteiger partial charge is 0.0332 e. The number of piperazine rings is 1. The Morgan fingerprint density at radius 1 is 1.44 bits per heavy atom. The topological polar surface area (TPSA) is 27.3 Å².